The van der Waals surface area contributed by atoms with E-state index in [1.54, 1.807) is 4.90 Å². The fourth-order valence-electron chi connectivity index (χ4n) is 2.95. The van der Waals surface area contributed by atoms with Crippen LogP contribution in [0.5, 0.6) is 0 Å². The largest absolute Gasteiger partial charge is 0.333 e. The second-order valence-electron chi connectivity index (χ2n) is 5.46. The average Bonchev–Trinajstić information content (AvgIpc) is 3.03. The first kappa shape index (κ1) is 13.1. The molecule has 20 heavy (non-hydrogen) atoms. The van der Waals surface area contributed by atoms with E-state index in [-0.39, 0.29) is 5.91 Å². The molecule has 0 radical (unpaired) electrons. The molecule has 0 saturated carbocycles. The number of rotatable bonds is 4. The highest BCUT2D eigenvalue weighted by Gasteiger charge is 2.17. The SMILES string of the molecule is CC(=O)Nc1nc2ccccc2n1CC[NH+]1CCCC1. The van der Waals surface area contributed by atoms with Crippen LogP contribution in [0.3, 0.4) is 0 Å². The number of benzene rings is 1. The minimum Gasteiger partial charge on any atom is -0.333 e. The van der Waals surface area contributed by atoms with E-state index in [0.717, 1.165) is 24.1 Å². The van der Waals surface area contributed by atoms with E-state index in [2.05, 4.69) is 20.9 Å². The average molecular weight is 273 g/mol. The molecule has 0 unspecified atom stereocenters. The number of amides is 1. The van der Waals surface area contributed by atoms with E-state index in [1.807, 2.05) is 18.2 Å². The number of imidazole rings is 1. The summed E-state index contributed by atoms with van der Waals surface area (Å²) in [5.74, 6) is 0.590. The normalized spacial score (nSPS) is 15.8. The Morgan fingerprint density at radius 1 is 1.35 bits per heavy atom. The Hall–Kier alpha value is -1.88. The first-order valence-corrected chi connectivity index (χ1v) is 7.30. The first-order valence-electron chi connectivity index (χ1n) is 7.30. The molecule has 2 heterocycles. The van der Waals surface area contributed by atoms with E-state index < -0.39 is 0 Å². The number of fused-ring (bicyclic) bond motifs is 1. The highest BCUT2D eigenvalue weighted by molar-refractivity contribution is 5.89. The summed E-state index contributed by atoms with van der Waals surface area (Å²) in [6.07, 6.45) is 2.66. The topological polar surface area (TPSA) is 51.4 Å². The van der Waals surface area contributed by atoms with Crippen molar-refractivity contribution in [1.82, 2.24) is 9.55 Å². The molecule has 0 atom stereocenters. The molecule has 2 aromatic rings. The fourth-order valence-corrected chi connectivity index (χ4v) is 2.95. The minimum atomic E-state index is -0.0740. The zero-order valence-corrected chi connectivity index (χ0v) is 11.9. The third-order valence-corrected chi connectivity index (χ3v) is 3.94. The van der Waals surface area contributed by atoms with Crippen LogP contribution in [-0.4, -0.2) is 35.1 Å². The molecular formula is C15H21N4O+. The van der Waals surface area contributed by atoms with Crippen LogP contribution in [0.25, 0.3) is 11.0 Å². The molecule has 1 saturated heterocycles. The number of nitrogens with zero attached hydrogens (tertiary/aromatic N) is 2. The number of aromatic nitrogens is 2. The molecule has 1 aliphatic heterocycles. The molecule has 106 valence electrons. The number of nitrogens with one attached hydrogen (secondary N) is 2. The maximum atomic E-state index is 11.3. The summed E-state index contributed by atoms with van der Waals surface area (Å²) in [5.41, 5.74) is 2.03. The second kappa shape index (κ2) is 5.63. The maximum absolute atomic E-state index is 11.3. The predicted octanol–water partition coefficient (Wildman–Crippen LogP) is 0.673. The van der Waals surface area contributed by atoms with Crippen LogP contribution in [0, 0.1) is 0 Å². The van der Waals surface area contributed by atoms with Gasteiger partial charge in [-0.1, -0.05) is 12.1 Å². The highest BCUT2D eigenvalue weighted by atomic mass is 16.1. The molecule has 1 aromatic carbocycles. The number of para-hydroxylation sites is 2. The van der Waals surface area contributed by atoms with Gasteiger partial charge in [-0.2, -0.15) is 0 Å². The first-order chi connectivity index (χ1) is 9.74. The van der Waals surface area contributed by atoms with Gasteiger partial charge in [0.15, 0.2) is 0 Å². The Morgan fingerprint density at radius 3 is 2.85 bits per heavy atom. The summed E-state index contributed by atoms with van der Waals surface area (Å²) >= 11 is 0. The van der Waals surface area contributed by atoms with Crippen LogP contribution in [0.15, 0.2) is 24.3 Å². The smallest absolute Gasteiger partial charge is 0.223 e. The van der Waals surface area contributed by atoms with Crippen molar-refractivity contribution in [2.24, 2.45) is 0 Å². The lowest BCUT2D eigenvalue weighted by atomic mass is 10.3. The van der Waals surface area contributed by atoms with Crippen LogP contribution >= 0.6 is 0 Å². The molecule has 1 aromatic heterocycles. The number of likely N-dealkylation sites (tertiary alicyclic amines) is 1. The van der Waals surface area contributed by atoms with E-state index >= 15 is 0 Å². The molecule has 0 spiro atoms. The maximum Gasteiger partial charge on any atom is 0.223 e. The van der Waals surface area contributed by atoms with Gasteiger partial charge >= 0.3 is 0 Å². The lowest BCUT2D eigenvalue weighted by molar-refractivity contribution is -0.887. The number of carbonyl (C=O) groups is 1. The van der Waals surface area contributed by atoms with E-state index in [1.165, 1.54) is 32.9 Å². The monoisotopic (exact) mass is 273 g/mol. The van der Waals surface area contributed by atoms with Crippen molar-refractivity contribution in [3.63, 3.8) is 0 Å². The minimum absolute atomic E-state index is 0.0740. The van der Waals surface area contributed by atoms with Gasteiger partial charge in [-0.15, -0.1) is 0 Å². The van der Waals surface area contributed by atoms with Crippen molar-refractivity contribution in [3.05, 3.63) is 24.3 Å². The van der Waals surface area contributed by atoms with Crippen LogP contribution in [0.1, 0.15) is 19.8 Å². The summed E-state index contributed by atoms with van der Waals surface area (Å²) in [4.78, 5) is 17.5. The van der Waals surface area contributed by atoms with Crippen LogP contribution in [0.2, 0.25) is 0 Å². The zero-order chi connectivity index (χ0) is 13.9. The van der Waals surface area contributed by atoms with Gasteiger partial charge in [0.1, 0.15) is 0 Å². The molecule has 5 heteroatoms. The van der Waals surface area contributed by atoms with E-state index in [9.17, 15) is 4.79 Å². The Balaban J connectivity index is 1.86. The van der Waals surface area contributed by atoms with Gasteiger partial charge in [0.2, 0.25) is 11.9 Å². The lowest BCUT2D eigenvalue weighted by Crippen LogP contribution is -3.10. The van der Waals surface area contributed by atoms with Crippen molar-refractivity contribution in [2.75, 3.05) is 25.0 Å². The summed E-state index contributed by atoms with van der Waals surface area (Å²) in [7, 11) is 0. The van der Waals surface area contributed by atoms with Gasteiger partial charge in [-0.25, -0.2) is 4.98 Å². The predicted molar refractivity (Wildman–Crippen MR) is 78.8 cm³/mol. The Labute approximate surface area is 118 Å². The number of hydrogen-bond acceptors (Lipinski definition) is 2. The Kier molecular flexibility index (Phi) is 3.69. The molecule has 1 fully saturated rings. The fraction of sp³-hybridized carbons (Fsp3) is 0.467. The van der Waals surface area contributed by atoms with Crippen LogP contribution in [0.4, 0.5) is 5.95 Å². The number of hydrogen-bond donors (Lipinski definition) is 2. The Bertz CT molecular complexity index is 613. The number of quaternary nitrogens is 1. The standard InChI is InChI=1S/C15H20N4O/c1-12(20)16-15-17-13-6-2-3-7-14(13)19(15)11-10-18-8-4-5-9-18/h2-3,6-7H,4-5,8-11H2,1H3,(H,16,17,20)/p+1. The molecule has 3 rings (SSSR count). The number of anilines is 1. The van der Waals surface area contributed by atoms with Crippen molar-refractivity contribution < 1.29 is 9.69 Å². The van der Waals surface area contributed by atoms with Gasteiger partial charge in [0, 0.05) is 19.8 Å². The van der Waals surface area contributed by atoms with Crippen molar-refractivity contribution in [2.45, 2.75) is 26.3 Å². The van der Waals surface area contributed by atoms with Crippen LogP contribution in [-0.2, 0) is 11.3 Å². The molecule has 1 amide bonds. The van der Waals surface area contributed by atoms with Crippen molar-refractivity contribution >= 4 is 22.9 Å². The quantitative estimate of drug-likeness (QED) is 0.860. The molecule has 0 bridgehead atoms. The van der Waals surface area contributed by atoms with Crippen molar-refractivity contribution in [1.29, 1.82) is 0 Å². The van der Waals surface area contributed by atoms with Gasteiger partial charge < -0.3 is 9.47 Å². The third-order valence-electron chi connectivity index (χ3n) is 3.94. The second-order valence-corrected chi connectivity index (χ2v) is 5.46. The molecule has 5 nitrogen and oxygen atoms in total. The summed E-state index contributed by atoms with van der Waals surface area (Å²) in [6.45, 7) is 6.04. The van der Waals surface area contributed by atoms with Gasteiger partial charge in [-0.05, 0) is 12.1 Å². The lowest BCUT2D eigenvalue weighted by Gasteiger charge is -2.14. The summed E-state index contributed by atoms with van der Waals surface area (Å²) in [6, 6.07) is 8.04. The van der Waals surface area contributed by atoms with Gasteiger partial charge in [0.05, 0.1) is 37.2 Å². The Morgan fingerprint density at radius 2 is 2.10 bits per heavy atom. The molecule has 2 N–H and O–H groups in total. The summed E-state index contributed by atoms with van der Waals surface area (Å²) < 4.78 is 2.13. The van der Waals surface area contributed by atoms with Gasteiger partial charge in [0.25, 0.3) is 0 Å². The highest BCUT2D eigenvalue weighted by Crippen LogP contribution is 2.19. The molecular weight excluding hydrogens is 252 g/mol. The molecule has 0 aliphatic carbocycles. The number of carbonyl (C=O) groups excluding carboxylic acids is 1. The van der Waals surface area contributed by atoms with E-state index in [4.69, 9.17) is 0 Å². The third kappa shape index (κ3) is 2.67. The zero-order valence-electron chi connectivity index (χ0n) is 11.9. The van der Waals surface area contributed by atoms with Gasteiger partial charge in [-0.3, -0.25) is 10.1 Å². The summed E-state index contributed by atoms with van der Waals surface area (Å²) in [5, 5.41) is 2.84. The van der Waals surface area contributed by atoms with E-state index in [0.29, 0.717) is 5.95 Å². The molecule has 1 aliphatic rings. The van der Waals surface area contributed by atoms with Crippen LogP contribution < -0.4 is 10.2 Å². The van der Waals surface area contributed by atoms with Crippen molar-refractivity contribution in [3.8, 4) is 0 Å².